The highest BCUT2D eigenvalue weighted by Crippen LogP contribution is 2.30. The van der Waals surface area contributed by atoms with Gasteiger partial charge in [0.1, 0.15) is 0 Å². The second-order valence-electron chi connectivity index (χ2n) is 5.32. The maximum Gasteiger partial charge on any atom is 0.0991 e. The molecule has 1 aromatic heterocycles. The molecule has 0 spiro atoms. The van der Waals surface area contributed by atoms with Crippen LogP contribution in [0.2, 0.25) is 0 Å². The molecule has 100 valence electrons. The Bertz CT molecular complexity index is 515. The SMILES string of the molecule is OC1(CNCc2ccc(-n3ccnc3)cc2)CCC1. The van der Waals surface area contributed by atoms with Crippen LogP contribution in [0.1, 0.15) is 24.8 Å². The van der Waals surface area contributed by atoms with E-state index >= 15 is 0 Å². The van der Waals surface area contributed by atoms with Crippen molar-refractivity contribution in [1.82, 2.24) is 14.9 Å². The molecule has 2 aromatic rings. The summed E-state index contributed by atoms with van der Waals surface area (Å²) < 4.78 is 1.98. The Morgan fingerprint density at radius 3 is 2.63 bits per heavy atom. The minimum Gasteiger partial charge on any atom is -0.389 e. The largest absolute Gasteiger partial charge is 0.389 e. The summed E-state index contributed by atoms with van der Waals surface area (Å²) in [4.78, 5) is 4.04. The second kappa shape index (κ2) is 5.15. The lowest BCUT2D eigenvalue weighted by Gasteiger charge is -2.36. The van der Waals surface area contributed by atoms with E-state index in [2.05, 4.69) is 34.6 Å². The van der Waals surface area contributed by atoms with Gasteiger partial charge in [0.15, 0.2) is 0 Å². The molecule has 0 amide bonds. The molecule has 1 heterocycles. The lowest BCUT2D eigenvalue weighted by molar-refractivity contribution is -0.0314. The van der Waals surface area contributed by atoms with Crippen molar-refractivity contribution in [3.05, 3.63) is 48.5 Å². The predicted molar refractivity (Wildman–Crippen MR) is 74.1 cm³/mol. The van der Waals surface area contributed by atoms with Crippen LogP contribution in [-0.4, -0.2) is 26.8 Å². The fraction of sp³-hybridized carbons (Fsp3) is 0.400. The van der Waals surface area contributed by atoms with E-state index in [0.29, 0.717) is 6.54 Å². The van der Waals surface area contributed by atoms with E-state index < -0.39 is 5.60 Å². The molecule has 4 nitrogen and oxygen atoms in total. The average molecular weight is 257 g/mol. The van der Waals surface area contributed by atoms with Crippen molar-refractivity contribution >= 4 is 0 Å². The minimum absolute atomic E-state index is 0.448. The molecule has 0 unspecified atom stereocenters. The molecule has 1 fully saturated rings. The van der Waals surface area contributed by atoms with Crippen molar-refractivity contribution in [2.24, 2.45) is 0 Å². The molecule has 0 atom stereocenters. The number of hydrogen-bond acceptors (Lipinski definition) is 3. The number of aromatic nitrogens is 2. The highest BCUT2D eigenvalue weighted by atomic mass is 16.3. The molecule has 1 aliphatic carbocycles. The molecule has 19 heavy (non-hydrogen) atoms. The maximum atomic E-state index is 9.98. The molecule has 1 aliphatic rings. The van der Waals surface area contributed by atoms with Crippen molar-refractivity contribution in [3.8, 4) is 5.69 Å². The average Bonchev–Trinajstić information content (AvgIpc) is 2.91. The fourth-order valence-corrected chi connectivity index (χ4v) is 2.40. The monoisotopic (exact) mass is 257 g/mol. The molecule has 0 bridgehead atoms. The molecule has 3 rings (SSSR count). The topological polar surface area (TPSA) is 50.1 Å². The van der Waals surface area contributed by atoms with Crippen LogP contribution in [0, 0.1) is 0 Å². The molecule has 1 aromatic carbocycles. The molecular formula is C15H19N3O. The standard InChI is InChI=1S/C15H19N3O/c19-15(6-1-7-15)11-17-10-13-2-4-14(5-3-13)18-9-8-16-12-18/h2-5,8-9,12,17,19H,1,6-7,10-11H2. The lowest BCUT2D eigenvalue weighted by atomic mass is 9.80. The van der Waals surface area contributed by atoms with Crippen LogP contribution in [0.3, 0.4) is 0 Å². The van der Waals surface area contributed by atoms with Crippen molar-refractivity contribution < 1.29 is 5.11 Å². The molecule has 0 radical (unpaired) electrons. The highest BCUT2D eigenvalue weighted by Gasteiger charge is 2.33. The summed E-state index contributed by atoms with van der Waals surface area (Å²) in [6.07, 6.45) is 8.50. The quantitative estimate of drug-likeness (QED) is 0.860. The number of benzene rings is 1. The van der Waals surface area contributed by atoms with Crippen LogP contribution in [0.4, 0.5) is 0 Å². The van der Waals surface area contributed by atoms with Gasteiger partial charge in [0.25, 0.3) is 0 Å². The van der Waals surface area contributed by atoms with E-state index in [1.165, 1.54) is 5.56 Å². The highest BCUT2D eigenvalue weighted by molar-refractivity contribution is 5.34. The summed E-state index contributed by atoms with van der Waals surface area (Å²) in [5, 5.41) is 13.3. The molecule has 1 saturated carbocycles. The number of nitrogens with one attached hydrogen (secondary N) is 1. The van der Waals surface area contributed by atoms with Crippen LogP contribution < -0.4 is 5.32 Å². The Morgan fingerprint density at radius 2 is 2.05 bits per heavy atom. The van der Waals surface area contributed by atoms with E-state index in [0.717, 1.165) is 31.5 Å². The van der Waals surface area contributed by atoms with Gasteiger partial charge in [-0.15, -0.1) is 0 Å². The van der Waals surface area contributed by atoms with Gasteiger partial charge in [0, 0.05) is 31.2 Å². The molecule has 2 N–H and O–H groups in total. The summed E-state index contributed by atoms with van der Waals surface area (Å²) >= 11 is 0. The van der Waals surface area contributed by atoms with Crippen molar-refractivity contribution in [3.63, 3.8) is 0 Å². The fourth-order valence-electron chi connectivity index (χ4n) is 2.40. The van der Waals surface area contributed by atoms with Gasteiger partial charge < -0.3 is 15.0 Å². The first-order valence-corrected chi connectivity index (χ1v) is 6.76. The van der Waals surface area contributed by atoms with Gasteiger partial charge in [-0.1, -0.05) is 12.1 Å². The maximum absolute atomic E-state index is 9.98. The lowest BCUT2D eigenvalue weighted by Crippen LogP contribution is -2.45. The van der Waals surface area contributed by atoms with Crippen LogP contribution in [-0.2, 0) is 6.54 Å². The van der Waals surface area contributed by atoms with Crippen molar-refractivity contribution in [1.29, 1.82) is 0 Å². The molecule has 0 aliphatic heterocycles. The predicted octanol–water partition coefficient (Wildman–Crippen LogP) is 1.88. The third-order valence-corrected chi connectivity index (χ3v) is 3.81. The molecular weight excluding hydrogens is 238 g/mol. The van der Waals surface area contributed by atoms with Gasteiger partial charge in [-0.05, 0) is 37.0 Å². The number of hydrogen-bond donors (Lipinski definition) is 2. The van der Waals surface area contributed by atoms with E-state index in [-0.39, 0.29) is 0 Å². The van der Waals surface area contributed by atoms with E-state index in [1.807, 2.05) is 10.8 Å². The summed E-state index contributed by atoms with van der Waals surface area (Å²) in [5.74, 6) is 0. The van der Waals surface area contributed by atoms with Crippen LogP contribution in [0.15, 0.2) is 43.0 Å². The zero-order valence-corrected chi connectivity index (χ0v) is 10.9. The Kier molecular flexibility index (Phi) is 3.36. The summed E-state index contributed by atoms with van der Waals surface area (Å²) in [5.41, 5.74) is 1.89. The van der Waals surface area contributed by atoms with Crippen LogP contribution in [0.5, 0.6) is 0 Å². The summed E-state index contributed by atoms with van der Waals surface area (Å²) in [7, 11) is 0. The first-order valence-electron chi connectivity index (χ1n) is 6.76. The van der Waals surface area contributed by atoms with Gasteiger partial charge in [0.05, 0.1) is 11.9 Å². The zero-order valence-electron chi connectivity index (χ0n) is 10.9. The second-order valence-corrected chi connectivity index (χ2v) is 5.32. The van der Waals surface area contributed by atoms with Crippen molar-refractivity contribution in [2.75, 3.05) is 6.54 Å². The van der Waals surface area contributed by atoms with Gasteiger partial charge >= 0.3 is 0 Å². The first kappa shape index (κ1) is 12.4. The summed E-state index contributed by atoms with van der Waals surface area (Å²) in [6, 6.07) is 8.37. The number of aliphatic hydroxyl groups is 1. The Morgan fingerprint density at radius 1 is 1.26 bits per heavy atom. The van der Waals surface area contributed by atoms with E-state index in [9.17, 15) is 5.11 Å². The zero-order chi connectivity index (χ0) is 13.1. The Balaban J connectivity index is 1.54. The Labute approximate surface area is 113 Å². The third-order valence-electron chi connectivity index (χ3n) is 3.81. The van der Waals surface area contributed by atoms with Gasteiger partial charge in [-0.2, -0.15) is 0 Å². The number of imidazole rings is 1. The smallest absolute Gasteiger partial charge is 0.0991 e. The molecule has 4 heteroatoms. The van der Waals surface area contributed by atoms with Gasteiger partial charge in [-0.25, -0.2) is 4.98 Å². The van der Waals surface area contributed by atoms with Gasteiger partial charge in [-0.3, -0.25) is 0 Å². The minimum atomic E-state index is -0.448. The molecule has 0 saturated heterocycles. The van der Waals surface area contributed by atoms with Crippen LogP contribution >= 0.6 is 0 Å². The van der Waals surface area contributed by atoms with Gasteiger partial charge in [0.2, 0.25) is 0 Å². The number of rotatable bonds is 5. The Hall–Kier alpha value is -1.65. The third kappa shape index (κ3) is 2.85. The number of nitrogens with zero attached hydrogens (tertiary/aromatic N) is 2. The van der Waals surface area contributed by atoms with Crippen LogP contribution in [0.25, 0.3) is 5.69 Å². The van der Waals surface area contributed by atoms with Crippen molar-refractivity contribution in [2.45, 2.75) is 31.4 Å². The summed E-state index contributed by atoms with van der Waals surface area (Å²) in [6.45, 7) is 1.49. The van der Waals surface area contributed by atoms with E-state index in [1.54, 1.807) is 12.5 Å². The van der Waals surface area contributed by atoms with E-state index in [4.69, 9.17) is 0 Å². The first-order chi connectivity index (χ1) is 9.25. The normalized spacial score (nSPS) is 17.1.